The Labute approximate surface area is 119 Å². The van der Waals surface area contributed by atoms with Gasteiger partial charge in [-0.05, 0) is 38.7 Å². The van der Waals surface area contributed by atoms with Gasteiger partial charge >= 0.3 is 0 Å². The highest BCUT2D eigenvalue weighted by atomic mass is 19.1. The van der Waals surface area contributed by atoms with Crippen LogP contribution in [0.4, 0.5) is 4.39 Å². The van der Waals surface area contributed by atoms with E-state index in [1.54, 1.807) is 6.07 Å². The number of likely N-dealkylation sites (N-methyl/N-ethyl adjacent to an activating group) is 1. The first-order valence-electron chi connectivity index (χ1n) is 7.00. The van der Waals surface area contributed by atoms with Gasteiger partial charge in [-0.3, -0.25) is 0 Å². The second-order valence-corrected chi connectivity index (χ2v) is 5.27. The molecule has 0 saturated carbocycles. The first kappa shape index (κ1) is 15.2. The number of rotatable bonds is 5. The van der Waals surface area contributed by atoms with Crippen LogP contribution < -0.4 is 10.1 Å². The van der Waals surface area contributed by atoms with Gasteiger partial charge in [0.1, 0.15) is 12.7 Å². The van der Waals surface area contributed by atoms with E-state index in [1.807, 2.05) is 27.1 Å². The minimum Gasteiger partial charge on any atom is -0.488 e. The van der Waals surface area contributed by atoms with Crippen LogP contribution in [-0.4, -0.2) is 51.4 Å². The first-order chi connectivity index (χ1) is 9.60. The van der Waals surface area contributed by atoms with E-state index in [1.165, 1.54) is 6.07 Å². The molecule has 0 spiro atoms. The number of morpholine rings is 1. The molecule has 0 aliphatic carbocycles. The number of hydrogen-bond donors (Lipinski definition) is 1. The Morgan fingerprint density at radius 1 is 1.55 bits per heavy atom. The van der Waals surface area contributed by atoms with Gasteiger partial charge in [0, 0.05) is 19.1 Å². The SMILES string of the molecule is CNC(C)c1ccc(OCC2CN(C)CCO2)c(F)c1. The van der Waals surface area contributed by atoms with Crippen molar-refractivity contribution < 1.29 is 13.9 Å². The molecule has 1 heterocycles. The van der Waals surface area contributed by atoms with Crippen LogP contribution in [0.3, 0.4) is 0 Å². The summed E-state index contributed by atoms with van der Waals surface area (Å²) in [7, 11) is 3.90. The normalized spacial score (nSPS) is 21.7. The summed E-state index contributed by atoms with van der Waals surface area (Å²) in [5.41, 5.74) is 0.908. The van der Waals surface area contributed by atoms with E-state index in [-0.39, 0.29) is 23.7 Å². The zero-order chi connectivity index (χ0) is 14.5. The summed E-state index contributed by atoms with van der Waals surface area (Å²) in [5.74, 6) is -0.0392. The Morgan fingerprint density at radius 3 is 3.00 bits per heavy atom. The number of benzene rings is 1. The highest BCUT2D eigenvalue weighted by Crippen LogP contribution is 2.22. The molecule has 0 bridgehead atoms. The minimum atomic E-state index is -0.325. The Balaban J connectivity index is 1.92. The molecule has 0 amide bonds. The van der Waals surface area contributed by atoms with E-state index in [2.05, 4.69) is 10.2 Å². The quantitative estimate of drug-likeness (QED) is 0.893. The van der Waals surface area contributed by atoms with Gasteiger partial charge < -0.3 is 19.7 Å². The molecular weight excluding hydrogens is 259 g/mol. The van der Waals surface area contributed by atoms with E-state index in [9.17, 15) is 4.39 Å². The molecule has 2 unspecified atom stereocenters. The lowest BCUT2D eigenvalue weighted by molar-refractivity contribution is -0.0408. The summed E-state index contributed by atoms with van der Waals surface area (Å²) >= 11 is 0. The molecule has 2 atom stereocenters. The van der Waals surface area contributed by atoms with E-state index in [4.69, 9.17) is 9.47 Å². The zero-order valence-electron chi connectivity index (χ0n) is 12.4. The summed E-state index contributed by atoms with van der Waals surface area (Å²) in [5, 5.41) is 3.08. The molecule has 1 aliphatic rings. The van der Waals surface area contributed by atoms with E-state index < -0.39 is 0 Å². The molecule has 2 rings (SSSR count). The summed E-state index contributed by atoms with van der Waals surface area (Å²) in [6.07, 6.45) is 0.00376. The molecule has 1 aliphatic heterocycles. The van der Waals surface area contributed by atoms with E-state index in [0.717, 1.165) is 18.7 Å². The fraction of sp³-hybridized carbons (Fsp3) is 0.600. The molecule has 5 heteroatoms. The molecule has 1 aromatic carbocycles. The standard InChI is InChI=1S/C15H23FN2O2/c1-11(17-2)12-4-5-15(14(16)8-12)20-10-13-9-18(3)6-7-19-13/h4-5,8,11,13,17H,6-7,9-10H2,1-3H3. The van der Waals surface area contributed by atoms with Crippen LogP contribution in [0.15, 0.2) is 18.2 Å². The third-order valence-corrected chi connectivity index (χ3v) is 3.66. The molecular formula is C15H23FN2O2. The van der Waals surface area contributed by atoms with Crippen molar-refractivity contribution in [3.63, 3.8) is 0 Å². The summed E-state index contributed by atoms with van der Waals surface area (Å²) in [6, 6.07) is 5.21. The predicted octanol–water partition coefficient (Wildman–Crippen LogP) is 1.82. The molecule has 20 heavy (non-hydrogen) atoms. The number of ether oxygens (including phenoxy) is 2. The van der Waals surface area contributed by atoms with Crippen molar-refractivity contribution in [1.29, 1.82) is 0 Å². The van der Waals surface area contributed by atoms with Crippen molar-refractivity contribution in [2.24, 2.45) is 0 Å². The van der Waals surface area contributed by atoms with Crippen molar-refractivity contribution in [3.05, 3.63) is 29.6 Å². The van der Waals surface area contributed by atoms with Crippen LogP contribution in [0, 0.1) is 5.82 Å². The summed E-state index contributed by atoms with van der Waals surface area (Å²) in [6.45, 7) is 4.81. The van der Waals surface area contributed by atoms with Crippen LogP contribution in [0.5, 0.6) is 5.75 Å². The smallest absolute Gasteiger partial charge is 0.165 e. The summed E-state index contributed by atoms with van der Waals surface area (Å²) in [4.78, 5) is 2.19. The fourth-order valence-corrected chi connectivity index (χ4v) is 2.22. The maximum atomic E-state index is 14.0. The number of halogens is 1. The van der Waals surface area contributed by atoms with Gasteiger partial charge in [-0.1, -0.05) is 6.07 Å². The molecule has 1 aromatic rings. The van der Waals surface area contributed by atoms with Gasteiger partial charge in [0.15, 0.2) is 11.6 Å². The number of nitrogens with one attached hydrogen (secondary N) is 1. The molecule has 0 radical (unpaired) electrons. The number of nitrogens with zero attached hydrogens (tertiary/aromatic N) is 1. The molecule has 1 N–H and O–H groups in total. The zero-order valence-corrected chi connectivity index (χ0v) is 12.4. The van der Waals surface area contributed by atoms with Gasteiger partial charge in [-0.2, -0.15) is 0 Å². The van der Waals surface area contributed by atoms with Gasteiger partial charge in [0.05, 0.1) is 6.61 Å². The van der Waals surface area contributed by atoms with Gasteiger partial charge in [0.25, 0.3) is 0 Å². The van der Waals surface area contributed by atoms with Crippen molar-refractivity contribution in [3.8, 4) is 5.75 Å². The maximum absolute atomic E-state index is 14.0. The largest absolute Gasteiger partial charge is 0.488 e. The highest BCUT2D eigenvalue weighted by Gasteiger charge is 2.19. The van der Waals surface area contributed by atoms with Crippen molar-refractivity contribution in [2.45, 2.75) is 19.1 Å². The molecule has 4 nitrogen and oxygen atoms in total. The maximum Gasteiger partial charge on any atom is 0.165 e. The second kappa shape index (κ2) is 7.02. The van der Waals surface area contributed by atoms with Gasteiger partial charge in [-0.25, -0.2) is 4.39 Å². The van der Waals surface area contributed by atoms with Gasteiger partial charge in [0.2, 0.25) is 0 Å². The lowest BCUT2D eigenvalue weighted by Gasteiger charge is -2.29. The average molecular weight is 282 g/mol. The lowest BCUT2D eigenvalue weighted by atomic mass is 10.1. The van der Waals surface area contributed by atoms with Crippen LogP contribution in [0.1, 0.15) is 18.5 Å². The Hall–Kier alpha value is -1.17. The monoisotopic (exact) mass is 282 g/mol. The van der Waals surface area contributed by atoms with Crippen LogP contribution in [0.2, 0.25) is 0 Å². The van der Waals surface area contributed by atoms with Crippen LogP contribution in [0.25, 0.3) is 0 Å². The Morgan fingerprint density at radius 2 is 2.35 bits per heavy atom. The fourth-order valence-electron chi connectivity index (χ4n) is 2.22. The van der Waals surface area contributed by atoms with Crippen molar-refractivity contribution >= 4 is 0 Å². The predicted molar refractivity (Wildman–Crippen MR) is 76.6 cm³/mol. The van der Waals surface area contributed by atoms with Gasteiger partial charge in [-0.15, -0.1) is 0 Å². The van der Waals surface area contributed by atoms with Crippen LogP contribution >= 0.6 is 0 Å². The van der Waals surface area contributed by atoms with Crippen molar-refractivity contribution in [2.75, 3.05) is 40.4 Å². The van der Waals surface area contributed by atoms with Crippen molar-refractivity contribution in [1.82, 2.24) is 10.2 Å². The van der Waals surface area contributed by atoms with Crippen LogP contribution in [-0.2, 0) is 4.74 Å². The minimum absolute atomic E-state index is 0.00376. The third kappa shape index (κ3) is 3.91. The highest BCUT2D eigenvalue weighted by molar-refractivity contribution is 5.30. The van der Waals surface area contributed by atoms with E-state index in [0.29, 0.717) is 13.2 Å². The Kier molecular flexibility index (Phi) is 5.34. The lowest BCUT2D eigenvalue weighted by Crippen LogP contribution is -2.42. The molecule has 112 valence electrons. The number of hydrogen-bond acceptors (Lipinski definition) is 4. The summed E-state index contributed by atoms with van der Waals surface area (Å²) < 4.78 is 25.1. The van der Waals surface area contributed by atoms with E-state index >= 15 is 0 Å². The molecule has 1 saturated heterocycles. The molecule has 1 fully saturated rings. The average Bonchev–Trinajstić information content (AvgIpc) is 2.45. The topological polar surface area (TPSA) is 33.7 Å². The third-order valence-electron chi connectivity index (χ3n) is 3.66. The first-order valence-corrected chi connectivity index (χ1v) is 7.00. The molecule has 0 aromatic heterocycles. The Bertz CT molecular complexity index is 442. The second-order valence-electron chi connectivity index (χ2n) is 5.27.